The zero-order chi connectivity index (χ0) is 69.0. The van der Waals surface area contributed by atoms with Crippen molar-refractivity contribution in [1.29, 1.82) is 0 Å². The van der Waals surface area contributed by atoms with Crippen LogP contribution in [0.5, 0.6) is 0 Å². The third-order valence-corrected chi connectivity index (χ3v) is 14.1. The molecule has 0 heterocycles. The molecule has 0 fully saturated rings. The van der Waals surface area contributed by atoms with Crippen molar-refractivity contribution in [2.45, 2.75) is 232 Å². The van der Waals surface area contributed by atoms with Gasteiger partial charge < -0.3 is 28.5 Å². The van der Waals surface area contributed by atoms with Gasteiger partial charge in [-0.15, -0.1) is 0 Å². The van der Waals surface area contributed by atoms with E-state index in [1.165, 1.54) is 0 Å². The first-order valence-corrected chi connectivity index (χ1v) is 36.2. The molecule has 0 aromatic carbocycles. The molecule has 0 saturated carbocycles. The average molecular weight is 1310 g/mol. The highest BCUT2D eigenvalue weighted by atomic mass is 16.7. The Morgan fingerprint density at radius 2 is 0.568 bits per heavy atom. The number of carboxylic acid groups (broad SMARTS) is 1. The van der Waals surface area contributed by atoms with Crippen molar-refractivity contribution < 1.29 is 42.9 Å². The minimum atomic E-state index is -1.54. The van der Waals surface area contributed by atoms with E-state index in [9.17, 15) is 19.5 Å². The molecule has 9 nitrogen and oxygen atoms in total. The predicted octanol–water partition coefficient (Wildman–Crippen LogP) is 23.2. The molecule has 2 atom stereocenters. The molecule has 9 heteroatoms. The summed E-state index contributed by atoms with van der Waals surface area (Å²) in [6.45, 7) is 4.54. The van der Waals surface area contributed by atoms with Gasteiger partial charge in [0.2, 0.25) is 0 Å². The molecule has 0 aliphatic heterocycles. The van der Waals surface area contributed by atoms with Crippen molar-refractivity contribution in [3.05, 3.63) is 243 Å². The number of aliphatic carboxylic acids is 1. The van der Waals surface area contributed by atoms with Crippen molar-refractivity contribution in [2.24, 2.45) is 0 Å². The highest BCUT2D eigenvalue weighted by Crippen LogP contribution is 2.12. The summed E-state index contributed by atoms with van der Waals surface area (Å²) in [5, 5.41) is 9.75. The number of carbonyl (C=O) groups excluding carboxylic acids is 2. The van der Waals surface area contributed by atoms with Crippen molar-refractivity contribution in [3.63, 3.8) is 0 Å². The van der Waals surface area contributed by atoms with Gasteiger partial charge in [0.15, 0.2) is 6.10 Å². The number of quaternary nitrogens is 1. The second-order valence-electron chi connectivity index (χ2n) is 24.1. The molecule has 0 radical (unpaired) electrons. The van der Waals surface area contributed by atoms with Gasteiger partial charge in [-0.2, -0.15) is 0 Å². The lowest BCUT2D eigenvalue weighted by atomic mass is 10.1. The van der Waals surface area contributed by atoms with E-state index in [4.69, 9.17) is 18.9 Å². The molecule has 0 aliphatic rings. The van der Waals surface area contributed by atoms with Crippen molar-refractivity contribution >= 4 is 17.9 Å². The maximum Gasteiger partial charge on any atom is 0.361 e. The van der Waals surface area contributed by atoms with Crippen LogP contribution in [0.4, 0.5) is 0 Å². The summed E-state index contributed by atoms with van der Waals surface area (Å²) < 4.78 is 22.9. The molecule has 0 aromatic rings. The topological polar surface area (TPSA) is 108 Å². The van der Waals surface area contributed by atoms with Gasteiger partial charge in [0.05, 0.1) is 34.4 Å². The molecule has 0 spiro atoms. The highest BCUT2D eigenvalue weighted by molar-refractivity contribution is 5.71. The highest BCUT2D eigenvalue weighted by Gasteiger charge is 2.25. The number of hydrogen-bond donors (Lipinski definition) is 1. The molecule has 0 saturated heterocycles. The number of rotatable bonds is 63. The number of carbonyl (C=O) groups is 3. The molecule has 1 N–H and O–H groups in total. The molecular formula is C86H130NO8+. The second-order valence-corrected chi connectivity index (χ2v) is 24.1. The summed E-state index contributed by atoms with van der Waals surface area (Å²) in [6.07, 6.45) is 116. The van der Waals surface area contributed by atoms with Crippen LogP contribution < -0.4 is 0 Å². The molecular weight excluding hydrogens is 1170 g/mol. The summed E-state index contributed by atoms with van der Waals surface area (Å²) in [6, 6.07) is 0. The number of allylic oxidation sites excluding steroid dienone is 40. The number of carboxylic acids is 1. The van der Waals surface area contributed by atoms with E-state index in [0.717, 1.165) is 180 Å². The van der Waals surface area contributed by atoms with Crippen LogP contribution in [0.2, 0.25) is 0 Å². The number of ether oxygens (including phenoxy) is 4. The number of likely N-dealkylation sites (N-methyl/N-ethyl adjacent to an activating group) is 1. The molecule has 0 amide bonds. The maximum absolute atomic E-state index is 12.9. The lowest BCUT2D eigenvalue weighted by Crippen LogP contribution is -2.40. The van der Waals surface area contributed by atoms with Crippen LogP contribution in [0.3, 0.4) is 0 Å². The second kappa shape index (κ2) is 72.9. The summed E-state index contributed by atoms with van der Waals surface area (Å²) in [5.41, 5.74) is 0. The van der Waals surface area contributed by atoms with Crippen LogP contribution >= 0.6 is 0 Å². The van der Waals surface area contributed by atoms with E-state index in [2.05, 4.69) is 257 Å². The monoisotopic (exact) mass is 1300 g/mol. The Morgan fingerprint density at radius 1 is 0.316 bits per heavy atom. The first-order chi connectivity index (χ1) is 46.6. The first-order valence-electron chi connectivity index (χ1n) is 36.2. The largest absolute Gasteiger partial charge is 0.477 e. The van der Waals surface area contributed by atoms with Crippen LogP contribution in [-0.2, 0) is 33.3 Å². The fraction of sp³-hybridized carbons (Fsp3) is 0.500. The number of unbranched alkanes of at least 4 members (excludes halogenated alkanes) is 8. The smallest absolute Gasteiger partial charge is 0.361 e. The van der Waals surface area contributed by atoms with E-state index in [0.29, 0.717) is 23.9 Å². The maximum atomic E-state index is 12.9. The van der Waals surface area contributed by atoms with E-state index >= 15 is 0 Å². The summed E-state index contributed by atoms with van der Waals surface area (Å²) in [7, 11) is 5.94. The first kappa shape index (κ1) is 88.1. The normalized spacial score (nSPS) is 14.2. The van der Waals surface area contributed by atoms with Gasteiger partial charge >= 0.3 is 17.9 Å². The van der Waals surface area contributed by atoms with Gasteiger partial charge in [0, 0.05) is 12.8 Å². The van der Waals surface area contributed by atoms with E-state index in [-0.39, 0.29) is 38.6 Å². The van der Waals surface area contributed by atoms with E-state index < -0.39 is 24.3 Å². The molecule has 0 bridgehead atoms. The Morgan fingerprint density at radius 3 is 0.853 bits per heavy atom. The Bertz CT molecular complexity index is 2470. The van der Waals surface area contributed by atoms with Gasteiger partial charge in [0.1, 0.15) is 13.2 Å². The lowest BCUT2D eigenvalue weighted by molar-refractivity contribution is -0.870. The van der Waals surface area contributed by atoms with Crippen LogP contribution in [0.15, 0.2) is 243 Å². The van der Waals surface area contributed by atoms with Gasteiger partial charge in [-0.3, -0.25) is 9.59 Å². The summed E-state index contributed by atoms with van der Waals surface area (Å²) >= 11 is 0. The van der Waals surface area contributed by atoms with Gasteiger partial charge in [-0.05, 0) is 167 Å². The van der Waals surface area contributed by atoms with Gasteiger partial charge in [-0.1, -0.05) is 283 Å². The fourth-order valence-electron chi connectivity index (χ4n) is 8.66. The Labute approximate surface area is 580 Å². The predicted molar refractivity (Wildman–Crippen MR) is 409 cm³/mol. The Kier molecular flexibility index (Phi) is 67.6. The van der Waals surface area contributed by atoms with Crippen molar-refractivity contribution in [2.75, 3.05) is 47.5 Å². The van der Waals surface area contributed by atoms with Crippen molar-refractivity contribution in [1.82, 2.24) is 0 Å². The third kappa shape index (κ3) is 74.4. The molecule has 2 unspecified atom stereocenters. The number of nitrogens with zero attached hydrogens (tertiary/aromatic N) is 1. The number of hydrogen-bond acceptors (Lipinski definition) is 7. The van der Waals surface area contributed by atoms with E-state index in [1.54, 1.807) is 0 Å². The third-order valence-electron chi connectivity index (χ3n) is 14.1. The molecule has 0 aromatic heterocycles. The minimum absolute atomic E-state index is 0.163. The quantitative estimate of drug-likeness (QED) is 0.0211. The Balaban J connectivity index is 4.34. The van der Waals surface area contributed by atoms with Crippen LogP contribution in [-0.4, -0.2) is 87.4 Å². The van der Waals surface area contributed by atoms with Gasteiger partial charge in [-0.25, -0.2) is 4.79 Å². The van der Waals surface area contributed by atoms with Crippen LogP contribution in [0.1, 0.15) is 219 Å². The SMILES string of the molecule is CC/C=C\C/C=C\C/C=C\C/C=C\C/C=C\C/C=C\C/C=C\C/C=C\C/C=C\C/C=C\C/C=C\CCCCCC(=O)OC(COC(=O)CCCCCCC/C=C\C/C=C\C/C=C\C/C=C\C/C=C\C/C=C\C/C=C\C/C=C\C/C=C\CC)COC(OCC[N+](C)(C)C)C(=O)O. The fourth-order valence-corrected chi connectivity index (χ4v) is 8.66. The molecule has 0 aliphatic carbocycles. The van der Waals surface area contributed by atoms with Crippen LogP contribution in [0.25, 0.3) is 0 Å². The molecule has 0 rings (SSSR count). The zero-order valence-electron chi connectivity index (χ0n) is 60.0. The van der Waals surface area contributed by atoms with Crippen LogP contribution in [0, 0.1) is 0 Å². The average Bonchev–Trinajstić information content (AvgIpc) is 3.75. The minimum Gasteiger partial charge on any atom is -0.477 e. The van der Waals surface area contributed by atoms with E-state index in [1.807, 2.05) is 21.1 Å². The zero-order valence-corrected chi connectivity index (χ0v) is 60.0. The van der Waals surface area contributed by atoms with Crippen molar-refractivity contribution in [3.8, 4) is 0 Å². The standard InChI is InChI=1S/C86H129NO8/c1-6-8-10-12-14-16-18-20-22-24-26-28-30-32-34-36-38-40-41-42-43-45-47-49-51-53-55-57-59-61-63-65-67-69-71-73-75-77-84(89)95-82(81-94-86(85(90)91)92-79-78-87(3,4)5)80-93-83(88)76-74-72-70-68-66-64-62-60-58-56-54-52-50-48-46-44-39-37-35-33-31-29-27-25-23-21-19-17-15-13-11-9-7-2/h8-11,14-17,20-23,26-29,32-35,38-40,42-44,47-50,53-56,59-62,65,67,82,86H,6-7,12-13,18-19,24-25,30-31,36-37,41,45-46,51-52,57-58,63-64,66,68-81H2,1-5H3/p+1/b10-8-,11-9-,16-14-,17-15-,22-20-,23-21-,28-26-,29-27-,34-32-,35-33-,40-38-,43-42-,44-39-,49-47-,50-48-,55-53-,56-54-,61-59-,62-60-,67-65-. The summed E-state index contributed by atoms with van der Waals surface area (Å²) in [5.74, 6) is -2.11. The van der Waals surface area contributed by atoms with Gasteiger partial charge in [0.25, 0.3) is 6.29 Å². The molecule has 526 valence electrons. The Hall–Kier alpha value is -6.91. The summed E-state index contributed by atoms with van der Waals surface area (Å²) in [4.78, 5) is 37.6. The molecule has 95 heavy (non-hydrogen) atoms. The number of esters is 2. The lowest BCUT2D eigenvalue weighted by Gasteiger charge is -2.25.